The molecular weight excluding hydrogens is 404 g/mol. The molecule has 8 heteroatoms. The van der Waals surface area contributed by atoms with Gasteiger partial charge in [-0.15, -0.1) is 0 Å². The van der Waals surface area contributed by atoms with E-state index in [4.69, 9.17) is 5.11 Å². The third kappa shape index (κ3) is 5.76. The molecule has 0 unspecified atom stereocenters. The Balaban J connectivity index is 0.000000552. The van der Waals surface area contributed by atoms with Crippen molar-refractivity contribution in [2.24, 2.45) is 0 Å². The van der Waals surface area contributed by atoms with E-state index in [0.717, 1.165) is 36.2 Å². The molecule has 1 aliphatic carbocycles. The first kappa shape index (κ1) is 22.1. The molecule has 3 heterocycles. The first-order valence-electron chi connectivity index (χ1n) is 11.4. The highest BCUT2D eigenvalue weighted by molar-refractivity contribution is 5.76. The first-order chi connectivity index (χ1) is 15.6. The van der Waals surface area contributed by atoms with Gasteiger partial charge in [-0.3, -0.25) is 0 Å². The normalized spacial score (nSPS) is 15.3. The Labute approximate surface area is 188 Å². The minimum absolute atomic E-state index is 0.411. The Bertz CT molecular complexity index is 1060. The van der Waals surface area contributed by atoms with E-state index in [9.17, 15) is 4.79 Å². The van der Waals surface area contributed by atoms with E-state index in [2.05, 4.69) is 50.7 Å². The summed E-state index contributed by atoms with van der Waals surface area (Å²) in [4.78, 5) is 22.0. The van der Waals surface area contributed by atoms with E-state index in [-0.39, 0.29) is 0 Å². The van der Waals surface area contributed by atoms with Crippen molar-refractivity contribution in [2.45, 2.75) is 51.6 Å². The maximum absolute atomic E-state index is 10.5. The fourth-order valence-electron chi connectivity index (χ4n) is 3.81. The molecule has 170 valence electrons. The second-order valence-corrected chi connectivity index (χ2v) is 8.58. The second-order valence-electron chi connectivity index (χ2n) is 8.58. The average molecular weight is 437 g/mol. The average Bonchev–Trinajstić information content (AvgIpc) is 3.12. The van der Waals surface area contributed by atoms with Crippen LogP contribution in [0.3, 0.4) is 0 Å². The number of nitrogens with one attached hydrogen (secondary N) is 2. The van der Waals surface area contributed by atoms with Crippen LogP contribution in [-0.4, -0.2) is 50.8 Å². The molecule has 1 aliphatic heterocycles. The summed E-state index contributed by atoms with van der Waals surface area (Å²) in [5.41, 5.74) is 4.57. The lowest BCUT2D eigenvalue weighted by molar-refractivity contribution is 0.194. The van der Waals surface area contributed by atoms with Crippen molar-refractivity contribution in [3.63, 3.8) is 0 Å². The van der Waals surface area contributed by atoms with Crippen molar-refractivity contribution in [1.82, 2.24) is 24.8 Å². The van der Waals surface area contributed by atoms with Gasteiger partial charge in [0.05, 0.1) is 0 Å². The van der Waals surface area contributed by atoms with Crippen molar-refractivity contribution in [2.75, 3.05) is 25.5 Å². The zero-order chi connectivity index (χ0) is 22.3. The van der Waals surface area contributed by atoms with Crippen LogP contribution in [-0.2, 0) is 19.5 Å². The predicted octanol–water partition coefficient (Wildman–Crippen LogP) is 4.38. The summed E-state index contributed by atoms with van der Waals surface area (Å²) in [6, 6.07) is 8.41. The summed E-state index contributed by atoms with van der Waals surface area (Å²) in [5, 5.41) is 15.3. The van der Waals surface area contributed by atoms with Crippen molar-refractivity contribution in [1.29, 1.82) is 0 Å². The number of benzene rings is 1. The van der Waals surface area contributed by atoms with Crippen molar-refractivity contribution < 1.29 is 9.90 Å². The van der Waals surface area contributed by atoms with E-state index < -0.39 is 6.09 Å². The van der Waals surface area contributed by atoms with Gasteiger partial charge in [0, 0.05) is 49.6 Å². The Hall–Kier alpha value is -3.13. The maximum atomic E-state index is 10.5. The van der Waals surface area contributed by atoms with Crippen LogP contribution in [0.25, 0.3) is 11.0 Å². The zero-order valence-corrected chi connectivity index (χ0v) is 18.7. The molecule has 8 nitrogen and oxygen atoms in total. The molecule has 2 aliphatic rings. The lowest BCUT2D eigenvalue weighted by atomic mass is 9.99. The summed E-state index contributed by atoms with van der Waals surface area (Å²) >= 11 is 0. The molecule has 0 saturated heterocycles. The number of rotatable bonds is 6. The van der Waals surface area contributed by atoms with Gasteiger partial charge in [-0.05, 0) is 49.2 Å². The number of likely N-dealkylation sites (N-methyl/N-ethyl adjacent to an activating group) is 1. The molecule has 2 aromatic heterocycles. The van der Waals surface area contributed by atoms with Crippen LogP contribution in [0.1, 0.15) is 43.2 Å². The van der Waals surface area contributed by atoms with Crippen LogP contribution < -0.4 is 10.6 Å². The molecule has 1 aromatic carbocycles. The monoisotopic (exact) mass is 436 g/mol. The fraction of sp³-hybridized carbons (Fsp3) is 0.458. The minimum atomic E-state index is -0.998. The van der Waals surface area contributed by atoms with E-state index in [1.165, 1.54) is 36.8 Å². The number of carbonyl (C=O) groups is 1. The SMILES string of the molecule is C1CCC1.CN1CCc2ccc(Nc3ncc4ccn(CCCNC(=O)O)c4n3)cc2C1. The van der Waals surface area contributed by atoms with Gasteiger partial charge in [0.2, 0.25) is 5.95 Å². The lowest BCUT2D eigenvalue weighted by Crippen LogP contribution is -2.26. The maximum Gasteiger partial charge on any atom is 0.404 e. The van der Waals surface area contributed by atoms with E-state index in [0.29, 0.717) is 25.5 Å². The van der Waals surface area contributed by atoms with Gasteiger partial charge < -0.3 is 25.2 Å². The Morgan fingerprint density at radius 3 is 2.72 bits per heavy atom. The van der Waals surface area contributed by atoms with Crippen molar-refractivity contribution in [3.05, 3.63) is 47.8 Å². The van der Waals surface area contributed by atoms with Gasteiger partial charge in [0.15, 0.2) is 0 Å². The summed E-state index contributed by atoms with van der Waals surface area (Å²) in [7, 11) is 2.14. The molecule has 1 amide bonds. The number of hydrogen-bond acceptors (Lipinski definition) is 5. The van der Waals surface area contributed by atoms with Crippen molar-refractivity contribution in [3.8, 4) is 0 Å². The number of anilines is 2. The second kappa shape index (κ2) is 10.5. The van der Waals surface area contributed by atoms with Gasteiger partial charge in [-0.1, -0.05) is 31.7 Å². The smallest absolute Gasteiger partial charge is 0.404 e. The van der Waals surface area contributed by atoms with E-state index in [1.54, 1.807) is 0 Å². The summed E-state index contributed by atoms with van der Waals surface area (Å²) in [5.74, 6) is 0.556. The summed E-state index contributed by atoms with van der Waals surface area (Å²) < 4.78 is 2.02. The van der Waals surface area contributed by atoms with Gasteiger partial charge >= 0.3 is 6.09 Å². The number of carboxylic acid groups (broad SMARTS) is 1. The standard InChI is InChI=1S/C20H24N6O2.C4H8/c1-25-9-5-14-3-4-17(11-16(14)13-25)23-19-22-12-15-6-10-26(18(15)24-19)8-2-7-21-20(27)28;1-2-4-3-1/h3-4,6,10-12,21H,2,5,7-9,13H2,1H3,(H,27,28)(H,22,23,24);1-4H2. The first-order valence-corrected chi connectivity index (χ1v) is 11.4. The summed E-state index contributed by atoms with van der Waals surface area (Å²) in [6.07, 6.45) is 10.5. The molecule has 1 saturated carbocycles. The number of amides is 1. The van der Waals surface area contributed by atoms with Crippen LogP contribution >= 0.6 is 0 Å². The molecular formula is C24H32N6O2. The van der Waals surface area contributed by atoms with E-state index >= 15 is 0 Å². The van der Waals surface area contributed by atoms with Crippen molar-refractivity contribution >= 4 is 28.8 Å². The number of aryl methyl sites for hydroxylation is 1. The molecule has 0 atom stereocenters. The quantitative estimate of drug-likeness (QED) is 0.496. The van der Waals surface area contributed by atoms with Crippen LogP contribution in [0.5, 0.6) is 0 Å². The lowest BCUT2D eigenvalue weighted by Gasteiger charge is -2.25. The predicted molar refractivity (Wildman–Crippen MR) is 126 cm³/mol. The van der Waals surface area contributed by atoms with Gasteiger partial charge in [0.25, 0.3) is 0 Å². The Morgan fingerprint density at radius 1 is 1.16 bits per heavy atom. The Kier molecular flexibility index (Phi) is 7.21. The highest BCUT2D eigenvalue weighted by Gasteiger charge is 2.14. The molecule has 0 spiro atoms. The molecule has 3 N–H and O–H groups in total. The number of fused-ring (bicyclic) bond motifs is 2. The zero-order valence-electron chi connectivity index (χ0n) is 18.7. The molecule has 0 bridgehead atoms. The van der Waals surface area contributed by atoms with Gasteiger partial charge in [-0.2, -0.15) is 4.98 Å². The largest absolute Gasteiger partial charge is 0.465 e. The Morgan fingerprint density at radius 2 is 1.97 bits per heavy atom. The molecule has 3 aromatic rings. The van der Waals surface area contributed by atoms with Crippen LogP contribution in [0.2, 0.25) is 0 Å². The number of hydrogen-bond donors (Lipinski definition) is 3. The van der Waals surface area contributed by atoms with E-state index in [1.807, 2.05) is 23.0 Å². The van der Waals surface area contributed by atoms with Gasteiger partial charge in [0.1, 0.15) is 5.65 Å². The molecule has 0 radical (unpaired) electrons. The summed E-state index contributed by atoms with van der Waals surface area (Å²) in [6.45, 7) is 3.15. The molecule has 32 heavy (non-hydrogen) atoms. The van der Waals surface area contributed by atoms with Crippen LogP contribution in [0.15, 0.2) is 36.7 Å². The highest BCUT2D eigenvalue weighted by Crippen LogP contribution is 2.24. The van der Waals surface area contributed by atoms with Crippen LogP contribution in [0.4, 0.5) is 16.4 Å². The molecule has 1 fully saturated rings. The highest BCUT2D eigenvalue weighted by atomic mass is 16.4. The fourth-order valence-corrected chi connectivity index (χ4v) is 3.81. The van der Waals surface area contributed by atoms with Crippen LogP contribution in [0, 0.1) is 0 Å². The topological polar surface area (TPSA) is 95.3 Å². The third-order valence-corrected chi connectivity index (χ3v) is 6.02. The number of aromatic nitrogens is 3. The molecule has 5 rings (SSSR count). The third-order valence-electron chi connectivity index (χ3n) is 6.02. The number of nitrogens with zero attached hydrogens (tertiary/aromatic N) is 4. The van der Waals surface area contributed by atoms with Gasteiger partial charge in [-0.25, -0.2) is 9.78 Å². The minimum Gasteiger partial charge on any atom is -0.465 e.